The lowest BCUT2D eigenvalue weighted by atomic mass is 9.95. The molecule has 0 bridgehead atoms. The molecule has 2 aromatic rings. The number of amides is 1. The fourth-order valence-corrected chi connectivity index (χ4v) is 3.53. The van der Waals surface area contributed by atoms with Crippen molar-refractivity contribution in [2.24, 2.45) is 0 Å². The van der Waals surface area contributed by atoms with Gasteiger partial charge in [0.05, 0.1) is 11.6 Å². The lowest BCUT2D eigenvalue weighted by Gasteiger charge is -2.30. The molecule has 7 heteroatoms. The minimum atomic E-state index is -0.337. The van der Waals surface area contributed by atoms with Crippen LogP contribution in [0.15, 0.2) is 58.2 Å². The number of aryl methyl sites for hydroxylation is 1. The van der Waals surface area contributed by atoms with Crippen molar-refractivity contribution in [1.29, 1.82) is 0 Å². The predicted molar refractivity (Wildman–Crippen MR) is 113 cm³/mol. The van der Waals surface area contributed by atoms with Crippen LogP contribution in [0.5, 0.6) is 0 Å². The molecule has 134 valence electrons. The van der Waals surface area contributed by atoms with Gasteiger partial charge >= 0.3 is 0 Å². The van der Waals surface area contributed by atoms with Crippen LogP contribution in [0.2, 0.25) is 5.02 Å². The highest BCUT2D eigenvalue weighted by atomic mass is 79.9. The molecule has 2 aromatic carbocycles. The predicted octanol–water partition coefficient (Wildman–Crippen LogP) is 4.84. The fraction of sp³-hybridized carbons (Fsp3) is 0.158. The zero-order valence-corrected chi connectivity index (χ0v) is 17.3. The molecule has 0 saturated heterocycles. The summed E-state index contributed by atoms with van der Waals surface area (Å²) in [6.45, 7) is 3.77. The molecule has 4 nitrogen and oxygen atoms in total. The number of rotatable bonds is 3. The Morgan fingerprint density at radius 1 is 1.19 bits per heavy atom. The molecule has 1 amide bonds. The number of allylic oxidation sites excluding steroid dienone is 1. The van der Waals surface area contributed by atoms with Crippen LogP contribution in [0, 0.1) is 6.92 Å². The molecule has 1 aliphatic heterocycles. The molecule has 0 spiro atoms. The Balaban J connectivity index is 1.96. The minimum absolute atomic E-state index is 0.205. The van der Waals surface area contributed by atoms with Gasteiger partial charge in [0, 0.05) is 20.9 Å². The van der Waals surface area contributed by atoms with E-state index < -0.39 is 0 Å². The van der Waals surface area contributed by atoms with Gasteiger partial charge in [-0.1, -0.05) is 45.7 Å². The third-order valence-corrected chi connectivity index (χ3v) is 5.15. The van der Waals surface area contributed by atoms with Crippen LogP contribution in [0.3, 0.4) is 0 Å². The fourth-order valence-electron chi connectivity index (χ4n) is 2.82. The maximum absolute atomic E-state index is 13.1. The standard InChI is InChI=1S/C19H17BrClN3OS/c1-10-3-8-14(21)9-15(10)23-18(25)16-11(2)22-19(26)24-17(16)12-4-6-13(20)7-5-12/h3-9,17H,1-2H3,(H,23,25)(H2,22,24,26)/t17-/m0/s1. The van der Waals surface area contributed by atoms with Crippen LogP contribution >= 0.6 is 39.7 Å². The van der Waals surface area contributed by atoms with Crippen molar-refractivity contribution < 1.29 is 4.79 Å². The molecule has 3 N–H and O–H groups in total. The van der Waals surface area contributed by atoms with Crippen LogP contribution in [0.25, 0.3) is 0 Å². The second kappa shape index (κ2) is 7.78. The van der Waals surface area contributed by atoms with E-state index in [4.69, 9.17) is 23.8 Å². The Morgan fingerprint density at radius 2 is 1.88 bits per heavy atom. The first kappa shape index (κ1) is 18.9. The number of nitrogens with one attached hydrogen (secondary N) is 3. The molecule has 0 saturated carbocycles. The van der Waals surface area contributed by atoms with Gasteiger partial charge in [-0.15, -0.1) is 0 Å². The van der Waals surface area contributed by atoms with Gasteiger partial charge in [0.15, 0.2) is 5.11 Å². The van der Waals surface area contributed by atoms with Gasteiger partial charge < -0.3 is 16.0 Å². The van der Waals surface area contributed by atoms with Crippen molar-refractivity contribution in [1.82, 2.24) is 10.6 Å². The number of hydrogen-bond donors (Lipinski definition) is 3. The lowest BCUT2D eigenvalue weighted by Crippen LogP contribution is -2.45. The smallest absolute Gasteiger partial charge is 0.255 e. The van der Waals surface area contributed by atoms with E-state index in [1.807, 2.05) is 44.2 Å². The number of carbonyl (C=O) groups is 1. The molecule has 0 unspecified atom stereocenters. The minimum Gasteiger partial charge on any atom is -0.351 e. The number of carbonyl (C=O) groups excluding carboxylic acids is 1. The first-order valence-electron chi connectivity index (χ1n) is 7.96. The first-order valence-corrected chi connectivity index (χ1v) is 9.54. The van der Waals surface area contributed by atoms with Crippen LogP contribution in [0.1, 0.15) is 24.1 Å². The van der Waals surface area contributed by atoms with Crippen LogP contribution < -0.4 is 16.0 Å². The Hall–Kier alpha value is -1.89. The highest BCUT2D eigenvalue weighted by Gasteiger charge is 2.30. The van der Waals surface area contributed by atoms with Gasteiger partial charge in [-0.25, -0.2) is 0 Å². The van der Waals surface area contributed by atoms with Crippen LogP contribution in [-0.2, 0) is 4.79 Å². The van der Waals surface area contributed by atoms with E-state index >= 15 is 0 Å². The molecule has 0 fully saturated rings. The second-order valence-corrected chi connectivity index (χ2v) is 7.80. The number of anilines is 1. The topological polar surface area (TPSA) is 53.2 Å². The zero-order chi connectivity index (χ0) is 18.8. The first-order chi connectivity index (χ1) is 12.3. The van der Waals surface area contributed by atoms with E-state index in [2.05, 4.69) is 31.9 Å². The van der Waals surface area contributed by atoms with E-state index in [0.29, 0.717) is 21.4 Å². The van der Waals surface area contributed by atoms with Crippen molar-refractivity contribution in [2.75, 3.05) is 5.32 Å². The Morgan fingerprint density at radius 3 is 2.58 bits per heavy atom. The number of benzene rings is 2. The summed E-state index contributed by atoms with van der Waals surface area (Å²) >= 11 is 14.8. The third kappa shape index (κ3) is 4.09. The molecule has 1 aliphatic rings. The average Bonchev–Trinajstić information content (AvgIpc) is 2.58. The monoisotopic (exact) mass is 449 g/mol. The lowest BCUT2D eigenvalue weighted by molar-refractivity contribution is -0.113. The highest BCUT2D eigenvalue weighted by molar-refractivity contribution is 9.10. The van der Waals surface area contributed by atoms with Crippen molar-refractivity contribution in [3.8, 4) is 0 Å². The summed E-state index contributed by atoms with van der Waals surface area (Å²) in [5.41, 5.74) is 3.88. The quantitative estimate of drug-likeness (QED) is 0.586. The Bertz CT molecular complexity index is 912. The largest absolute Gasteiger partial charge is 0.351 e. The SMILES string of the molecule is CC1=C(C(=O)Nc2cc(Cl)ccc2C)[C@H](c2ccc(Br)cc2)NC(=S)N1. The van der Waals surface area contributed by atoms with Crippen LogP contribution in [-0.4, -0.2) is 11.0 Å². The van der Waals surface area contributed by atoms with E-state index in [-0.39, 0.29) is 11.9 Å². The van der Waals surface area contributed by atoms with Crippen molar-refractivity contribution in [2.45, 2.75) is 19.9 Å². The van der Waals surface area contributed by atoms with Gasteiger partial charge in [0.2, 0.25) is 0 Å². The molecule has 1 heterocycles. The number of hydrogen-bond acceptors (Lipinski definition) is 2. The van der Waals surface area contributed by atoms with Crippen molar-refractivity contribution in [3.63, 3.8) is 0 Å². The molecule has 1 atom stereocenters. The van der Waals surface area contributed by atoms with Crippen molar-refractivity contribution in [3.05, 3.63) is 74.4 Å². The Labute approximate surface area is 171 Å². The maximum Gasteiger partial charge on any atom is 0.255 e. The second-order valence-electron chi connectivity index (χ2n) is 6.04. The normalized spacial score (nSPS) is 16.8. The van der Waals surface area contributed by atoms with Gasteiger partial charge in [0.1, 0.15) is 0 Å². The third-order valence-electron chi connectivity index (χ3n) is 4.16. The zero-order valence-electron chi connectivity index (χ0n) is 14.2. The Kier molecular flexibility index (Phi) is 5.65. The molecular weight excluding hydrogens is 434 g/mol. The highest BCUT2D eigenvalue weighted by Crippen LogP contribution is 2.29. The molecule has 0 aromatic heterocycles. The maximum atomic E-state index is 13.1. The molecule has 0 aliphatic carbocycles. The summed E-state index contributed by atoms with van der Waals surface area (Å²) in [5, 5.41) is 10.2. The summed E-state index contributed by atoms with van der Waals surface area (Å²) in [6, 6.07) is 12.9. The summed E-state index contributed by atoms with van der Waals surface area (Å²) < 4.78 is 0.971. The average molecular weight is 451 g/mol. The van der Waals surface area contributed by atoms with Gasteiger partial charge in [-0.2, -0.15) is 0 Å². The van der Waals surface area contributed by atoms with E-state index in [1.165, 1.54) is 0 Å². The van der Waals surface area contributed by atoms with Crippen LogP contribution in [0.4, 0.5) is 5.69 Å². The number of thiocarbonyl (C=S) groups is 1. The summed E-state index contributed by atoms with van der Waals surface area (Å²) in [7, 11) is 0. The van der Waals surface area contributed by atoms with E-state index in [9.17, 15) is 4.79 Å². The molecular formula is C19H17BrClN3OS. The molecule has 26 heavy (non-hydrogen) atoms. The summed E-state index contributed by atoms with van der Waals surface area (Å²) in [6.07, 6.45) is 0. The van der Waals surface area contributed by atoms with Crippen molar-refractivity contribution >= 4 is 56.5 Å². The van der Waals surface area contributed by atoms with Gasteiger partial charge in [-0.3, -0.25) is 4.79 Å². The van der Waals surface area contributed by atoms with E-state index in [1.54, 1.807) is 12.1 Å². The molecule has 3 rings (SSSR count). The summed E-state index contributed by atoms with van der Waals surface area (Å²) in [4.78, 5) is 13.1. The summed E-state index contributed by atoms with van der Waals surface area (Å²) in [5.74, 6) is -0.205. The molecule has 0 radical (unpaired) electrons. The van der Waals surface area contributed by atoms with E-state index in [0.717, 1.165) is 21.3 Å². The number of halogens is 2. The van der Waals surface area contributed by atoms with Gasteiger partial charge in [0.25, 0.3) is 5.91 Å². The van der Waals surface area contributed by atoms with Gasteiger partial charge in [-0.05, 0) is 61.5 Å².